The highest BCUT2D eigenvalue weighted by Crippen LogP contribution is 2.20. The van der Waals surface area contributed by atoms with Crippen LogP contribution in [-0.4, -0.2) is 41.3 Å². The number of imidazole rings is 1. The zero-order valence-corrected chi connectivity index (χ0v) is 12.6. The van der Waals surface area contributed by atoms with Gasteiger partial charge < -0.3 is 19.9 Å². The second kappa shape index (κ2) is 6.72. The Bertz CT molecular complexity index is 647. The fraction of sp³-hybridized carbons (Fsp3) is 0.375. The summed E-state index contributed by atoms with van der Waals surface area (Å²) in [5.74, 6) is 0.860. The Morgan fingerprint density at radius 3 is 3.18 bits per heavy atom. The number of hydrogen-bond acceptors (Lipinski definition) is 4. The first-order valence-corrected chi connectivity index (χ1v) is 7.41. The van der Waals surface area contributed by atoms with Crippen molar-refractivity contribution in [3.05, 3.63) is 36.7 Å². The van der Waals surface area contributed by atoms with Gasteiger partial charge in [-0.05, 0) is 12.1 Å². The van der Waals surface area contributed by atoms with Gasteiger partial charge in [0.25, 0.3) is 0 Å². The molecule has 1 saturated heterocycles. The summed E-state index contributed by atoms with van der Waals surface area (Å²) in [6.07, 6.45) is 4.07. The van der Waals surface area contributed by atoms with Crippen molar-refractivity contribution in [1.82, 2.24) is 14.9 Å². The molecule has 1 atom stereocenters. The van der Waals surface area contributed by atoms with Crippen LogP contribution in [0.25, 0.3) is 11.4 Å². The summed E-state index contributed by atoms with van der Waals surface area (Å²) in [6, 6.07) is 7.81. The van der Waals surface area contributed by atoms with E-state index in [1.54, 1.807) is 6.20 Å². The van der Waals surface area contributed by atoms with Gasteiger partial charge >= 0.3 is 0 Å². The average Bonchev–Trinajstić information content (AvgIpc) is 2.94. The average molecular weight is 300 g/mol. The molecule has 2 N–H and O–H groups in total. The number of aromatic nitrogens is 2. The van der Waals surface area contributed by atoms with Crippen LogP contribution in [-0.2, 0) is 16.6 Å². The number of amides is 1. The molecule has 6 nitrogen and oxygen atoms in total. The van der Waals surface area contributed by atoms with E-state index in [1.165, 1.54) is 0 Å². The molecule has 1 fully saturated rings. The number of carbonyl (C=O) groups is 1. The van der Waals surface area contributed by atoms with Gasteiger partial charge in [0.05, 0.1) is 13.2 Å². The van der Waals surface area contributed by atoms with E-state index >= 15 is 0 Å². The molecule has 0 bridgehead atoms. The highest BCUT2D eigenvalue weighted by atomic mass is 16.5. The van der Waals surface area contributed by atoms with Crippen molar-refractivity contribution >= 4 is 11.6 Å². The van der Waals surface area contributed by atoms with Crippen LogP contribution in [0.5, 0.6) is 0 Å². The summed E-state index contributed by atoms with van der Waals surface area (Å²) in [7, 11) is 1.95. The molecule has 1 aromatic carbocycles. The molecule has 116 valence electrons. The summed E-state index contributed by atoms with van der Waals surface area (Å²) in [6.45, 7) is 2.09. The smallest absolute Gasteiger partial charge is 0.226 e. The number of morpholine rings is 1. The molecule has 0 aliphatic carbocycles. The van der Waals surface area contributed by atoms with Crippen LogP contribution in [0.15, 0.2) is 36.7 Å². The summed E-state index contributed by atoms with van der Waals surface area (Å²) >= 11 is 0. The third-order valence-electron chi connectivity index (χ3n) is 3.66. The van der Waals surface area contributed by atoms with Crippen LogP contribution in [0.2, 0.25) is 0 Å². The van der Waals surface area contributed by atoms with Crippen molar-refractivity contribution in [2.24, 2.45) is 7.05 Å². The number of ether oxygens (including phenoxy) is 1. The van der Waals surface area contributed by atoms with Gasteiger partial charge in [-0.15, -0.1) is 0 Å². The van der Waals surface area contributed by atoms with E-state index in [1.807, 2.05) is 42.1 Å². The lowest BCUT2D eigenvalue weighted by molar-refractivity contribution is -0.117. The SMILES string of the molecule is Cn1ccnc1-c1cccc(NC(=O)CC2COCCN2)c1. The van der Waals surface area contributed by atoms with Crippen molar-refractivity contribution < 1.29 is 9.53 Å². The molecule has 0 saturated carbocycles. The van der Waals surface area contributed by atoms with E-state index in [4.69, 9.17) is 4.74 Å². The molecule has 6 heteroatoms. The first kappa shape index (κ1) is 14.7. The number of rotatable bonds is 4. The molecular formula is C16H20N4O2. The minimum atomic E-state index is -0.0139. The predicted molar refractivity (Wildman–Crippen MR) is 84.5 cm³/mol. The fourth-order valence-corrected chi connectivity index (χ4v) is 2.57. The Labute approximate surface area is 129 Å². The first-order chi connectivity index (χ1) is 10.7. The van der Waals surface area contributed by atoms with Crippen molar-refractivity contribution in [1.29, 1.82) is 0 Å². The normalized spacial score (nSPS) is 18.1. The Morgan fingerprint density at radius 2 is 2.45 bits per heavy atom. The molecule has 3 rings (SSSR count). The van der Waals surface area contributed by atoms with E-state index in [0.29, 0.717) is 19.6 Å². The number of nitrogens with zero attached hydrogens (tertiary/aromatic N) is 2. The molecule has 0 spiro atoms. The van der Waals surface area contributed by atoms with Gasteiger partial charge in [0, 0.05) is 49.7 Å². The number of nitrogens with one attached hydrogen (secondary N) is 2. The van der Waals surface area contributed by atoms with Gasteiger partial charge in [0.2, 0.25) is 5.91 Å². The summed E-state index contributed by atoms with van der Waals surface area (Å²) in [4.78, 5) is 16.4. The third-order valence-corrected chi connectivity index (χ3v) is 3.66. The largest absolute Gasteiger partial charge is 0.378 e. The van der Waals surface area contributed by atoms with Crippen LogP contribution >= 0.6 is 0 Å². The topological polar surface area (TPSA) is 68.2 Å². The second-order valence-electron chi connectivity index (χ2n) is 5.42. The maximum Gasteiger partial charge on any atom is 0.226 e. The van der Waals surface area contributed by atoms with E-state index in [2.05, 4.69) is 15.6 Å². The molecule has 1 aliphatic heterocycles. The van der Waals surface area contributed by atoms with Crippen LogP contribution in [0.3, 0.4) is 0 Å². The Hall–Kier alpha value is -2.18. The lowest BCUT2D eigenvalue weighted by atomic mass is 10.1. The van der Waals surface area contributed by atoms with Crippen LogP contribution < -0.4 is 10.6 Å². The summed E-state index contributed by atoms with van der Waals surface area (Å²) in [5, 5.41) is 6.22. The van der Waals surface area contributed by atoms with E-state index < -0.39 is 0 Å². The summed E-state index contributed by atoms with van der Waals surface area (Å²) < 4.78 is 7.31. The Balaban J connectivity index is 1.65. The first-order valence-electron chi connectivity index (χ1n) is 7.41. The van der Waals surface area contributed by atoms with Gasteiger partial charge in [-0.25, -0.2) is 4.98 Å². The molecule has 1 unspecified atom stereocenters. The quantitative estimate of drug-likeness (QED) is 0.896. The zero-order chi connectivity index (χ0) is 15.4. The molecule has 2 heterocycles. The van der Waals surface area contributed by atoms with E-state index in [0.717, 1.165) is 23.6 Å². The fourth-order valence-electron chi connectivity index (χ4n) is 2.57. The van der Waals surface area contributed by atoms with Crippen LogP contribution in [0, 0.1) is 0 Å². The highest BCUT2D eigenvalue weighted by Gasteiger charge is 2.17. The van der Waals surface area contributed by atoms with Crippen LogP contribution in [0.4, 0.5) is 5.69 Å². The monoisotopic (exact) mass is 300 g/mol. The predicted octanol–water partition coefficient (Wildman–Crippen LogP) is 1.40. The van der Waals surface area contributed by atoms with Crippen molar-refractivity contribution in [2.45, 2.75) is 12.5 Å². The van der Waals surface area contributed by atoms with Gasteiger partial charge in [-0.3, -0.25) is 4.79 Å². The summed E-state index contributed by atoms with van der Waals surface area (Å²) in [5.41, 5.74) is 1.76. The third kappa shape index (κ3) is 3.52. The number of aryl methyl sites for hydroxylation is 1. The van der Waals surface area contributed by atoms with Gasteiger partial charge in [0.1, 0.15) is 5.82 Å². The van der Waals surface area contributed by atoms with Gasteiger partial charge in [0.15, 0.2) is 0 Å². The molecule has 1 aromatic heterocycles. The number of anilines is 1. The second-order valence-corrected chi connectivity index (χ2v) is 5.42. The lowest BCUT2D eigenvalue weighted by Gasteiger charge is -2.23. The molecule has 1 amide bonds. The van der Waals surface area contributed by atoms with Crippen molar-refractivity contribution in [2.75, 3.05) is 25.1 Å². The van der Waals surface area contributed by atoms with E-state index in [-0.39, 0.29) is 11.9 Å². The number of hydrogen-bond donors (Lipinski definition) is 2. The maximum absolute atomic E-state index is 12.1. The Kier molecular flexibility index (Phi) is 4.50. The molecule has 0 radical (unpaired) electrons. The van der Waals surface area contributed by atoms with Crippen LogP contribution in [0.1, 0.15) is 6.42 Å². The minimum Gasteiger partial charge on any atom is -0.378 e. The maximum atomic E-state index is 12.1. The lowest BCUT2D eigenvalue weighted by Crippen LogP contribution is -2.43. The molecule has 1 aliphatic rings. The standard InChI is InChI=1S/C16H20N4O2/c1-20-7-5-18-16(20)12-3-2-4-13(9-12)19-15(21)10-14-11-22-8-6-17-14/h2-5,7,9,14,17H,6,8,10-11H2,1H3,(H,19,21). The van der Waals surface area contributed by atoms with Gasteiger partial charge in [-0.2, -0.15) is 0 Å². The minimum absolute atomic E-state index is 0.0139. The molecule has 2 aromatic rings. The number of carbonyl (C=O) groups excluding carboxylic acids is 1. The van der Waals surface area contributed by atoms with E-state index in [9.17, 15) is 4.79 Å². The number of benzene rings is 1. The molecule has 22 heavy (non-hydrogen) atoms. The Morgan fingerprint density at radius 1 is 1.55 bits per heavy atom. The zero-order valence-electron chi connectivity index (χ0n) is 12.6. The van der Waals surface area contributed by atoms with Crippen molar-refractivity contribution in [3.63, 3.8) is 0 Å². The van der Waals surface area contributed by atoms with Gasteiger partial charge in [-0.1, -0.05) is 12.1 Å². The van der Waals surface area contributed by atoms with Crippen molar-refractivity contribution in [3.8, 4) is 11.4 Å². The molecular weight excluding hydrogens is 280 g/mol. The highest BCUT2D eigenvalue weighted by molar-refractivity contribution is 5.91.